The van der Waals surface area contributed by atoms with E-state index in [1.54, 1.807) is 6.20 Å². The normalized spacial score (nSPS) is 19.9. The Kier molecular flexibility index (Phi) is 5.41. The van der Waals surface area contributed by atoms with Gasteiger partial charge >= 0.3 is 0 Å². The molecule has 0 bridgehead atoms. The topological polar surface area (TPSA) is 67.8 Å². The van der Waals surface area contributed by atoms with Crippen LogP contribution in [0.4, 0.5) is 5.95 Å². The zero-order chi connectivity index (χ0) is 23.1. The van der Waals surface area contributed by atoms with Crippen molar-refractivity contribution in [2.45, 2.75) is 32.2 Å². The largest absolute Gasteiger partial charge is 0.454 e. The van der Waals surface area contributed by atoms with Crippen LogP contribution in [0.25, 0.3) is 0 Å². The number of carbonyl (C=O) groups excluding carboxylic acids is 1. The lowest BCUT2D eigenvalue weighted by Gasteiger charge is -2.35. The summed E-state index contributed by atoms with van der Waals surface area (Å²) in [6.45, 7) is 6.84. The van der Waals surface area contributed by atoms with E-state index in [-0.39, 0.29) is 11.7 Å². The van der Waals surface area contributed by atoms with E-state index in [9.17, 15) is 4.79 Å². The molecule has 1 atom stereocenters. The summed E-state index contributed by atoms with van der Waals surface area (Å²) in [4.78, 5) is 26.9. The first kappa shape index (κ1) is 21.1. The standard InChI is InChI=1S/C27H28N4O3/c1-18-2-5-20(6-3-18)21-13-23-22(24(32)14-21)15-28-27(29-23)31-10-8-30(9-11-31)16-19-4-7-25-26(12-19)34-17-33-25/h2-7,12,15,21H,8-11,13-14,16-17H2,1H3/t21-/m0/s1. The molecule has 2 aliphatic heterocycles. The number of Topliss-reactive ketones (excluding diaryl/α,β-unsaturated/α-hetero) is 1. The van der Waals surface area contributed by atoms with Crippen LogP contribution in [0, 0.1) is 6.92 Å². The Hall–Kier alpha value is -3.45. The molecule has 1 fully saturated rings. The van der Waals surface area contributed by atoms with Crippen molar-refractivity contribution in [2.75, 3.05) is 37.9 Å². The van der Waals surface area contributed by atoms with Crippen molar-refractivity contribution in [1.29, 1.82) is 0 Å². The van der Waals surface area contributed by atoms with E-state index < -0.39 is 0 Å². The summed E-state index contributed by atoms with van der Waals surface area (Å²) in [6, 6.07) is 14.7. The van der Waals surface area contributed by atoms with Crippen LogP contribution >= 0.6 is 0 Å². The van der Waals surface area contributed by atoms with Gasteiger partial charge in [0.25, 0.3) is 0 Å². The number of hydrogen-bond donors (Lipinski definition) is 0. The number of ether oxygens (including phenoxy) is 2. The number of hydrogen-bond acceptors (Lipinski definition) is 7. The van der Waals surface area contributed by atoms with Crippen molar-refractivity contribution in [3.05, 3.63) is 76.6 Å². The first-order valence-electron chi connectivity index (χ1n) is 11.9. The average Bonchev–Trinajstić information content (AvgIpc) is 3.33. The summed E-state index contributed by atoms with van der Waals surface area (Å²) in [5.41, 5.74) is 5.24. The number of anilines is 1. The van der Waals surface area contributed by atoms with Gasteiger partial charge in [-0.25, -0.2) is 9.97 Å². The molecule has 0 spiro atoms. The number of aromatic nitrogens is 2. The number of aryl methyl sites for hydroxylation is 1. The Bertz CT molecular complexity index is 1220. The molecule has 1 aromatic heterocycles. The van der Waals surface area contributed by atoms with Crippen LogP contribution in [-0.4, -0.2) is 53.6 Å². The zero-order valence-corrected chi connectivity index (χ0v) is 19.4. The molecule has 7 heteroatoms. The molecule has 7 nitrogen and oxygen atoms in total. The second-order valence-electron chi connectivity index (χ2n) is 9.42. The molecule has 0 amide bonds. The van der Waals surface area contributed by atoms with Crippen LogP contribution in [0.1, 0.15) is 45.1 Å². The molecular weight excluding hydrogens is 428 g/mol. The van der Waals surface area contributed by atoms with E-state index in [0.717, 1.165) is 62.3 Å². The highest BCUT2D eigenvalue weighted by Crippen LogP contribution is 2.34. The molecule has 6 rings (SSSR count). The quantitative estimate of drug-likeness (QED) is 0.592. The lowest BCUT2D eigenvalue weighted by Crippen LogP contribution is -2.46. The van der Waals surface area contributed by atoms with E-state index in [0.29, 0.717) is 18.8 Å². The molecule has 3 aromatic rings. The fraction of sp³-hybridized carbons (Fsp3) is 0.370. The van der Waals surface area contributed by atoms with Gasteiger partial charge in [0.2, 0.25) is 12.7 Å². The number of piperazine rings is 1. The Labute approximate surface area is 199 Å². The molecular formula is C27H28N4O3. The Morgan fingerprint density at radius 2 is 1.76 bits per heavy atom. The van der Waals surface area contributed by atoms with Crippen molar-refractivity contribution >= 4 is 11.7 Å². The summed E-state index contributed by atoms with van der Waals surface area (Å²) in [5, 5.41) is 0. The van der Waals surface area contributed by atoms with Gasteiger partial charge in [0.05, 0.1) is 11.3 Å². The van der Waals surface area contributed by atoms with Gasteiger partial charge in [0.15, 0.2) is 17.3 Å². The van der Waals surface area contributed by atoms with Gasteiger partial charge in [-0.1, -0.05) is 35.9 Å². The predicted octanol–water partition coefficient (Wildman–Crippen LogP) is 3.75. The third-order valence-electron chi connectivity index (χ3n) is 7.07. The van der Waals surface area contributed by atoms with Crippen molar-refractivity contribution in [1.82, 2.24) is 14.9 Å². The third kappa shape index (κ3) is 4.12. The lowest BCUT2D eigenvalue weighted by molar-refractivity contribution is 0.0962. The molecule has 0 saturated carbocycles. The van der Waals surface area contributed by atoms with E-state index in [1.165, 1.54) is 16.7 Å². The van der Waals surface area contributed by atoms with E-state index in [1.807, 2.05) is 6.07 Å². The van der Waals surface area contributed by atoms with Crippen molar-refractivity contribution in [3.63, 3.8) is 0 Å². The number of rotatable bonds is 4. The SMILES string of the molecule is Cc1ccc([C@@H]2CC(=O)c3cnc(N4CCN(Cc5ccc6c(c5)OCO6)CC4)nc3C2)cc1. The molecule has 0 radical (unpaired) electrons. The minimum Gasteiger partial charge on any atom is -0.454 e. The number of carbonyl (C=O) groups is 1. The summed E-state index contributed by atoms with van der Waals surface area (Å²) in [5.74, 6) is 2.71. The highest BCUT2D eigenvalue weighted by Gasteiger charge is 2.29. The average molecular weight is 457 g/mol. The fourth-order valence-electron chi connectivity index (χ4n) is 5.06. The minimum absolute atomic E-state index is 0.145. The Morgan fingerprint density at radius 3 is 2.59 bits per heavy atom. The van der Waals surface area contributed by atoms with Gasteiger partial charge in [0.1, 0.15) is 0 Å². The highest BCUT2D eigenvalue weighted by atomic mass is 16.7. The van der Waals surface area contributed by atoms with Gasteiger partial charge in [-0.05, 0) is 42.5 Å². The number of nitrogens with zero attached hydrogens (tertiary/aromatic N) is 4. The van der Waals surface area contributed by atoms with Gasteiger partial charge in [0, 0.05) is 45.3 Å². The van der Waals surface area contributed by atoms with Crippen LogP contribution in [0.2, 0.25) is 0 Å². The van der Waals surface area contributed by atoms with E-state index >= 15 is 0 Å². The first-order chi connectivity index (χ1) is 16.6. The summed E-state index contributed by atoms with van der Waals surface area (Å²) in [7, 11) is 0. The van der Waals surface area contributed by atoms with Crippen LogP contribution in [0.3, 0.4) is 0 Å². The summed E-state index contributed by atoms with van der Waals surface area (Å²) < 4.78 is 10.9. The molecule has 1 aliphatic carbocycles. The third-order valence-corrected chi connectivity index (χ3v) is 7.07. The number of benzene rings is 2. The van der Waals surface area contributed by atoms with Crippen molar-refractivity contribution in [2.24, 2.45) is 0 Å². The molecule has 3 heterocycles. The van der Waals surface area contributed by atoms with Gasteiger partial charge < -0.3 is 14.4 Å². The van der Waals surface area contributed by atoms with Gasteiger partial charge in [-0.15, -0.1) is 0 Å². The minimum atomic E-state index is 0.145. The second-order valence-corrected chi connectivity index (χ2v) is 9.42. The first-order valence-corrected chi connectivity index (χ1v) is 11.9. The lowest BCUT2D eigenvalue weighted by atomic mass is 9.82. The monoisotopic (exact) mass is 456 g/mol. The maximum absolute atomic E-state index is 12.8. The molecule has 0 N–H and O–H groups in total. The molecule has 34 heavy (non-hydrogen) atoms. The molecule has 174 valence electrons. The Morgan fingerprint density at radius 1 is 0.971 bits per heavy atom. The number of fused-ring (bicyclic) bond motifs is 2. The summed E-state index contributed by atoms with van der Waals surface area (Å²) >= 11 is 0. The van der Waals surface area contributed by atoms with Gasteiger partial charge in [-0.3, -0.25) is 9.69 Å². The van der Waals surface area contributed by atoms with E-state index in [4.69, 9.17) is 14.5 Å². The molecule has 3 aliphatic rings. The van der Waals surface area contributed by atoms with Crippen molar-refractivity contribution < 1.29 is 14.3 Å². The molecule has 1 saturated heterocycles. The number of ketones is 1. The maximum atomic E-state index is 12.8. The second kappa shape index (κ2) is 8.72. The van der Waals surface area contributed by atoms with Crippen LogP contribution in [0.15, 0.2) is 48.7 Å². The van der Waals surface area contributed by atoms with Crippen LogP contribution in [-0.2, 0) is 13.0 Å². The van der Waals surface area contributed by atoms with Crippen molar-refractivity contribution in [3.8, 4) is 11.5 Å². The van der Waals surface area contributed by atoms with Gasteiger partial charge in [-0.2, -0.15) is 0 Å². The maximum Gasteiger partial charge on any atom is 0.231 e. The zero-order valence-electron chi connectivity index (χ0n) is 19.4. The Balaban J connectivity index is 1.12. The van der Waals surface area contributed by atoms with Crippen LogP contribution < -0.4 is 14.4 Å². The van der Waals surface area contributed by atoms with E-state index in [2.05, 4.69) is 58.1 Å². The van der Waals surface area contributed by atoms with Crippen LogP contribution in [0.5, 0.6) is 11.5 Å². The summed E-state index contributed by atoms with van der Waals surface area (Å²) in [6.07, 6.45) is 3.05. The molecule has 2 aromatic carbocycles. The molecule has 0 unspecified atom stereocenters. The predicted molar refractivity (Wildman–Crippen MR) is 129 cm³/mol. The fourth-order valence-corrected chi connectivity index (χ4v) is 5.06. The highest BCUT2D eigenvalue weighted by molar-refractivity contribution is 5.98. The smallest absolute Gasteiger partial charge is 0.231 e.